The molecule has 246 valence electrons. The molecule has 0 atom stereocenters. The number of nitrogens with one attached hydrogen (secondary N) is 2. The third-order valence-electron chi connectivity index (χ3n) is 8.60. The molecule has 0 bridgehead atoms. The fraction of sp³-hybridized carbons (Fsp3) is 0.516. The van der Waals surface area contributed by atoms with Gasteiger partial charge in [-0.05, 0) is 64.6 Å². The summed E-state index contributed by atoms with van der Waals surface area (Å²) in [4.78, 5) is 38.5. The highest BCUT2D eigenvalue weighted by atomic mass is 15.5. The van der Waals surface area contributed by atoms with Crippen LogP contribution in [0.5, 0.6) is 0 Å². The lowest BCUT2D eigenvalue weighted by molar-refractivity contribution is 0.134. The molecule has 0 aliphatic carbocycles. The molecule has 3 aromatic rings. The number of hydrogen-bond donors (Lipinski definition) is 2. The molecule has 15 nitrogen and oxygen atoms in total. The SMILES string of the molecule is CN1CN(C)CN(c2cccc(N3CN(c4cccc(N5CNCNC5)n4)CN(c4cccc(N5CN(C)CN(C)C5)n4)C3)n2)C1. The Morgan fingerprint density at radius 1 is 0.391 bits per heavy atom. The Hall–Kier alpha value is -3.99. The molecular formula is C31H47N15. The Kier molecular flexibility index (Phi) is 8.93. The molecule has 4 saturated heterocycles. The molecular weight excluding hydrogens is 582 g/mol. The van der Waals surface area contributed by atoms with Gasteiger partial charge in [0.05, 0.1) is 73.4 Å². The summed E-state index contributed by atoms with van der Waals surface area (Å²) in [5.41, 5.74) is 0. The van der Waals surface area contributed by atoms with Crippen molar-refractivity contribution in [3.63, 3.8) is 0 Å². The fourth-order valence-electron chi connectivity index (χ4n) is 6.72. The summed E-state index contributed by atoms with van der Waals surface area (Å²) in [7, 11) is 8.58. The highest BCUT2D eigenvalue weighted by Gasteiger charge is 2.29. The summed E-state index contributed by atoms with van der Waals surface area (Å²) in [6.45, 7) is 9.54. The van der Waals surface area contributed by atoms with Gasteiger partial charge in [0.15, 0.2) is 0 Å². The van der Waals surface area contributed by atoms with E-state index < -0.39 is 0 Å². The number of pyridine rings is 3. The van der Waals surface area contributed by atoms with E-state index in [-0.39, 0.29) is 0 Å². The van der Waals surface area contributed by atoms with Gasteiger partial charge < -0.3 is 29.4 Å². The van der Waals surface area contributed by atoms with Crippen LogP contribution in [0.3, 0.4) is 0 Å². The Morgan fingerprint density at radius 2 is 0.674 bits per heavy atom. The van der Waals surface area contributed by atoms with Crippen LogP contribution in [-0.2, 0) is 0 Å². The summed E-state index contributed by atoms with van der Waals surface area (Å²) < 4.78 is 0. The van der Waals surface area contributed by atoms with Crippen LogP contribution in [0.1, 0.15) is 0 Å². The van der Waals surface area contributed by atoms with Crippen molar-refractivity contribution in [2.45, 2.75) is 0 Å². The monoisotopic (exact) mass is 629 g/mol. The predicted octanol–water partition coefficient (Wildman–Crippen LogP) is 0.561. The zero-order valence-electron chi connectivity index (χ0n) is 27.5. The van der Waals surface area contributed by atoms with Crippen molar-refractivity contribution < 1.29 is 0 Å². The number of hydrogen-bond acceptors (Lipinski definition) is 15. The molecule has 46 heavy (non-hydrogen) atoms. The van der Waals surface area contributed by atoms with Gasteiger partial charge in [-0.15, -0.1) is 0 Å². The Bertz CT molecular complexity index is 1370. The lowest BCUT2D eigenvalue weighted by atomic mass is 10.3. The molecule has 0 unspecified atom stereocenters. The average Bonchev–Trinajstić information content (AvgIpc) is 3.08. The first kappa shape index (κ1) is 30.7. The quantitative estimate of drug-likeness (QED) is 0.398. The van der Waals surface area contributed by atoms with Crippen LogP contribution in [-0.4, -0.2) is 143 Å². The van der Waals surface area contributed by atoms with Gasteiger partial charge in [-0.2, -0.15) is 0 Å². The number of rotatable bonds is 6. The molecule has 3 aromatic heterocycles. The average molecular weight is 630 g/mol. The maximum Gasteiger partial charge on any atom is 0.133 e. The molecule has 4 fully saturated rings. The van der Waals surface area contributed by atoms with E-state index in [1.807, 2.05) is 0 Å². The second kappa shape index (κ2) is 13.4. The molecule has 0 amide bonds. The molecule has 4 aliphatic rings. The summed E-state index contributed by atoms with van der Waals surface area (Å²) in [5, 5.41) is 6.75. The molecule has 0 radical (unpaired) electrons. The van der Waals surface area contributed by atoms with Crippen molar-refractivity contribution >= 4 is 34.9 Å². The van der Waals surface area contributed by atoms with Crippen LogP contribution in [0.4, 0.5) is 34.9 Å². The smallest absolute Gasteiger partial charge is 0.133 e. The van der Waals surface area contributed by atoms with Crippen LogP contribution in [0, 0.1) is 0 Å². The van der Waals surface area contributed by atoms with Crippen molar-refractivity contribution in [2.24, 2.45) is 0 Å². The number of nitrogens with zero attached hydrogens (tertiary/aromatic N) is 13. The molecule has 0 spiro atoms. The van der Waals surface area contributed by atoms with E-state index in [0.29, 0.717) is 20.0 Å². The van der Waals surface area contributed by atoms with Gasteiger partial charge >= 0.3 is 0 Å². The maximum atomic E-state index is 5.20. The number of aromatic nitrogens is 3. The summed E-state index contributed by atoms with van der Waals surface area (Å²) in [5.74, 6) is 5.67. The molecule has 7 rings (SSSR count). The lowest BCUT2D eigenvalue weighted by Crippen LogP contribution is -2.56. The second-order valence-electron chi connectivity index (χ2n) is 13.0. The van der Waals surface area contributed by atoms with Gasteiger partial charge in [-0.25, -0.2) is 15.0 Å². The second-order valence-corrected chi connectivity index (χ2v) is 13.0. The topological polar surface area (TPSA) is 95.1 Å². The van der Waals surface area contributed by atoms with Crippen molar-refractivity contribution in [3.05, 3.63) is 54.6 Å². The van der Waals surface area contributed by atoms with Crippen LogP contribution in [0.2, 0.25) is 0 Å². The third kappa shape index (κ3) is 6.89. The molecule has 4 aliphatic heterocycles. The van der Waals surface area contributed by atoms with E-state index in [4.69, 9.17) is 15.0 Å². The molecule has 2 N–H and O–H groups in total. The van der Waals surface area contributed by atoms with Gasteiger partial charge in [-0.1, -0.05) is 18.2 Å². The minimum absolute atomic E-state index is 0.654. The fourth-order valence-corrected chi connectivity index (χ4v) is 6.72. The Morgan fingerprint density at radius 3 is 1.00 bits per heavy atom. The summed E-state index contributed by atoms with van der Waals surface area (Å²) in [6.07, 6.45) is 0. The van der Waals surface area contributed by atoms with Crippen LogP contribution >= 0.6 is 0 Å². The molecule has 15 heteroatoms. The van der Waals surface area contributed by atoms with E-state index in [9.17, 15) is 0 Å². The molecule has 7 heterocycles. The maximum absolute atomic E-state index is 5.20. The Labute approximate surface area is 272 Å². The number of anilines is 6. The van der Waals surface area contributed by atoms with E-state index in [1.165, 1.54) is 0 Å². The largest absolute Gasteiger partial charge is 0.331 e. The van der Waals surface area contributed by atoms with Crippen LogP contribution in [0.25, 0.3) is 0 Å². The third-order valence-corrected chi connectivity index (χ3v) is 8.60. The van der Waals surface area contributed by atoms with Crippen molar-refractivity contribution in [2.75, 3.05) is 138 Å². The zero-order valence-corrected chi connectivity index (χ0v) is 27.5. The highest BCUT2D eigenvalue weighted by molar-refractivity contribution is 5.58. The van der Waals surface area contributed by atoms with Gasteiger partial charge in [-0.3, -0.25) is 30.2 Å². The first-order valence-corrected chi connectivity index (χ1v) is 15.9. The summed E-state index contributed by atoms with van der Waals surface area (Å²) in [6, 6.07) is 19.0. The van der Waals surface area contributed by atoms with E-state index >= 15 is 0 Å². The van der Waals surface area contributed by atoms with Crippen molar-refractivity contribution in [3.8, 4) is 0 Å². The van der Waals surface area contributed by atoms with Crippen LogP contribution < -0.4 is 40.0 Å². The zero-order chi connectivity index (χ0) is 31.6. The molecule has 0 aromatic carbocycles. The van der Waals surface area contributed by atoms with Gasteiger partial charge in [0.1, 0.15) is 34.9 Å². The van der Waals surface area contributed by atoms with Crippen molar-refractivity contribution in [1.82, 2.24) is 45.2 Å². The minimum atomic E-state index is 0.654. The van der Waals surface area contributed by atoms with Crippen LogP contribution in [0.15, 0.2) is 54.6 Å². The predicted molar refractivity (Wildman–Crippen MR) is 183 cm³/mol. The minimum Gasteiger partial charge on any atom is -0.331 e. The normalized spacial score (nSPS) is 21.4. The highest BCUT2D eigenvalue weighted by Crippen LogP contribution is 2.28. The molecule has 0 saturated carbocycles. The van der Waals surface area contributed by atoms with E-state index in [0.717, 1.165) is 94.9 Å². The first-order chi connectivity index (χ1) is 22.4. The standard InChI is InChI=1S/C31H47N15/c1-37-17-38(2)20-42(19-37)27-9-6-12-30(35-27)45-23-44(29-11-5-8-26(34-29)41-15-32-14-33-16-41)24-46(25-45)31-13-7-10-28(36-31)43-21-39(3)18-40(4)22-43/h5-13,32-33H,14-25H2,1-4H3. The lowest BCUT2D eigenvalue weighted by Gasteiger charge is -2.45. The van der Waals surface area contributed by atoms with Gasteiger partial charge in [0.25, 0.3) is 0 Å². The Balaban J connectivity index is 1.19. The first-order valence-electron chi connectivity index (χ1n) is 15.9. The van der Waals surface area contributed by atoms with Gasteiger partial charge in [0, 0.05) is 6.67 Å². The van der Waals surface area contributed by atoms with Gasteiger partial charge in [0.2, 0.25) is 0 Å². The van der Waals surface area contributed by atoms with E-state index in [1.54, 1.807) is 0 Å². The summed E-state index contributed by atoms with van der Waals surface area (Å²) >= 11 is 0. The van der Waals surface area contributed by atoms with E-state index in [2.05, 4.69) is 142 Å². The van der Waals surface area contributed by atoms with Crippen molar-refractivity contribution in [1.29, 1.82) is 0 Å².